The van der Waals surface area contributed by atoms with Crippen LogP contribution in [0.3, 0.4) is 0 Å². The van der Waals surface area contributed by atoms with E-state index < -0.39 is 0 Å². The van der Waals surface area contributed by atoms with Crippen LogP contribution in [-0.2, 0) is 0 Å². The van der Waals surface area contributed by atoms with Gasteiger partial charge in [0.2, 0.25) is 0 Å². The van der Waals surface area contributed by atoms with Gasteiger partial charge in [-0.15, -0.1) is 0 Å². The Kier molecular flexibility index (Phi) is 4.40. The van der Waals surface area contributed by atoms with E-state index in [-0.39, 0.29) is 12.1 Å². The fraction of sp³-hybridized carbons (Fsp3) is 0.333. The van der Waals surface area contributed by atoms with Gasteiger partial charge in [-0.1, -0.05) is 19.1 Å². The molecule has 0 aliphatic heterocycles. The van der Waals surface area contributed by atoms with E-state index in [1.165, 1.54) is 0 Å². The zero-order valence-electron chi connectivity index (χ0n) is 12.1. The Hall–Kier alpha value is -2.30. The third kappa shape index (κ3) is 3.38. The molecule has 20 heavy (non-hydrogen) atoms. The molecule has 5 heteroatoms. The zero-order chi connectivity index (χ0) is 14.5. The minimum Gasteiger partial charge on any atom is -0.335 e. The van der Waals surface area contributed by atoms with Crippen molar-refractivity contribution in [1.29, 1.82) is 0 Å². The number of hydrogen-bond acceptors (Lipinski definition) is 2. The van der Waals surface area contributed by atoms with Crippen molar-refractivity contribution in [3.63, 3.8) is 0 Å². The second-order valence-corrected chi connectivity index (χ2v) is 4.83. The highest BCUT2D eigenvalue weighted by molar-refractivity contribution is 5.91. The number of anilines is 1. The van der Waals surface area contributed by atoms with Crippen molar-refractivity contribution in [3.05, 3.63) is 42.2 Å². The smallest absolute Gasteiger partial charge is 0.319 e. The molecule has 2 N–H and O–H groups in total. The molecule has 5 nitrogen and oxygen atoms in total. The predicted octanol–water partition coefficient (Wildman–Crippen LogP) is 3.10. The van der Waals surface area contributed by atoms with E-state index in [1.807, 2.05) is 57.3 Å². The number of benzene rings is 1. The summed E-state index contributed by atoms with van der Waals surface area (Å²) in [5.74, 6) is 0. The fourth-order valence-corrected chi connectivity index (χ4v) is 1.81. The first-order valence-electron chi connectivity index (χ1n) is 6.79. The summed E-state index contributed by atoms with van der Waals surface area (Å²) < 4.78 is 1.76. The minimum atomic E-state index is -0.198. The lowest BCUT2D eigenvalue weighted by Gasteiger charge is -2.14. The van der Waals surface area contributed by atoms with Crippen molar-refractivity contribution in [3.8, 4) is 5.69 Å². The van der Waals surface area contributed by atoms with Gasteiger partial charge in [-0.2, -0.15) is 5.10 Å². The predicted molar refractivity (Wildman–Crippen MR) is 80.2 cm³/mol. The summed E-state index contributed by atoms with van der Waals surface area (Å²) in [5, 5.41) is 10.1. The zero-order valence-corrected chi connectivity index (χ0v) is 12.1. The standard InChI is InChI=1S/C15H20N4O/c1-4-11(2)16-15(20)17-13-7-5-6-8-14(13)19-10-9-12(3)18-19/h5-11H,4H2,1-3H3,(H2,16,17,20). The molecule has 2 amide bonds. The largest absolute Gasteiger partial charge is 0.335 e. The van der Waals surface area contributed by atoms with E-state index in [2.05, 4.69) is 15.7 Å². The Bertz CT molecular complexity index is 591. The summed E-state index contributed by atoms with van der Waals surface area (Å²) in [4.78, 5) is 11.9. The van der Waals surface area contributed by atoms with Gasteiger partial charge in [-0.05, 0) is 38.5 Å². The van der Waals surface area contributed by atoms with Gasteiger partial charge in [-0.3, -0.25) is 0 Å². The van der Waals surface area contributed by atoms with E-state index in [0.717, 1.165) is 23.5 Å². The van der Waals surface area contributed by atoms with E-state index >= 15 is 0 Å². The Morgan fingerprint density at radius 3 is 2.75 bits per heavy atom. The quantitative estimate of drug-likeness (QED) is 0.898. The molecule has 1 heterocycles. The van der Waals surface area contributed by atoms with E-state index in [0.29, 0.717) is 0 Å². The highest BCUT2D eigenvalue weighted by Crippen LogP contribution is 2.19. The van der Waals surface area contributed by atoms with Gasteiger partial charge in [0, 0.05) is 12.2 Å². The Morgan fingerprint density at radius 2 is 2.10 bits per heavy atom. The van der Waals surface area contributed by atoms with Crippen LogP contribution >= 0.6 is 0 Å². The molecule has 2 aromatic rings. The van der Waals surface area contributed by atoms with Gasteiger partial charge in [0.25, 0.3) is 0 Å². The summed E-state index contributed by atoms with van der Waals surface area (Å²) in [7, 11) is 0. The number of carbonyl (C=O) groups is 1. The summed E-state index contributed by atoms with van der Waals surface area (Å²) in [6.07, 6.45) is 2.77. The molecule has 1 aromatic carbocycles. The van der Waals surface area contributed by atoms with Gasteiger partial charge in [-0.25, -0.2) is 9.48 Å². The van der Waals surface area contributed by atoms with E-state index in [4.69, 9.17) is 0 Å². The minimum absolute atomic E-state index is 0.147. The Morgan fingerprint density at radius 1 is 1.35 bits per heavy atom. The highest BCUT2D eigenvalue weighted by atomic mass is 16.2. The van der Waals surface area contributed by atoms with Crippen molar-refractivity contribution in [2.45, 2.75) is 33.2 Å². The molecule has 1 unspecified atom stereocenters. The Labute approximate surface area is 119 Å². The van der Waals surface area contributed by atoms with Crippen molar-refractivity contribution < 1.29 is 4.79 Å². The van der Waals surface area contributed by atoms with Crippen LogP contribution in [0, 0.1) is 6.92 Å². The first kappa shape index (κ1) is 14.1. The topological polar surface area (TPSA) is 59.0 Å². The maximum absolute atomic E-state index is 11.9. The molecule has 0 bridgehead atoms. The maximum Gasteiger partial charge on any atom is 0.319 e. The number of aryl methyl sites for hydroxylation is 1. The average Bonchev–Trinajstić information content (AvgIpc) is 2.85. The second kappa shape index (κ2) is 6.23. The van der Waals surface area contributed by atoms with Crippen LogP contribution < -0.4 is 10.6 Å². The van der Waals surface area contributed by atoms with Gasteiger partial charge in [0.15, 0.2) is 0 Å². The Balaban J connectivity index is 2.18. The SMILES string of the molecule is CCC(C)NC(=O)Nc1ccccc1-n1ccc(C)n1. The molecule has 2 rings (SSSR count). The molecular weight excluding hydrogens is 252 g/mol. The fourth-order valence-electron chi connectivity index (χ4n) is 1.81. The van der Waals surface area contributed by atoms with Crippen LogP contribution in [0.1, 0.15) is 26.0 Å². The molecule has 1 atom stereocenters. The van der Waals surface area contributed by atoms with Crippen LogP contribution in [0.5, 0.6) is 0 Å². The molecule has 0 spiro atoms. The number of aromatic nitrogens is 2. The van der Waals surface area contributed by atoms with Crippen LogP contribution in [-0.4, -0.2) is 21.9 Å². The third-order valence-electron chi connectivity index (χ3n) is 3.11. The number of carbonyl (C=O) groups excluding carboxylic acids is 1. The normalized spacial score (nSPS) is 11.9. The van der Waals surface area contributed by atoms with Crippen molar-refractivity contribution >= 4 is 11.7 Å². The van der Waals surface area contributed by atoms with Crippen LogP contribution in [0.25, 0.3) is 5.69 Å². The monoisotopic (exact) mass is 272 g/mol. The van der Waals surface area contributed by atoms with Gasteiger partial charge < -0.3 is 10.6 Å². The van der Waals surface area contributed by atoms with Crippen LogP contribution in [0.2, 0.25) is 0 Å². The van der Waals surface area contributed by atoms with Gasteiger partial charge in [0.1, 0.15) is 0 Å². The number of urea groups is 1. The number of para-hydroxylation sites is 2. The summed E-state index contributed by atoms with van der Waals surface area (Å²) in [6.45, 7) is 5.94. The molecule has 0 aliphatic carbocycles. The second-order valence-electron chi connectivity index (χ2n) is 4.83. The molecule has 0 fully saturated rings. The van der Waals surface area contributed by atoms with Gasteiger partial charge in [0.05, 0.1) is 17.1 Å². The lowest BCUT2D eigenvalue weighted by molar-refractivity contribution is 0.249. The lowest BCUT2D eigenvalue weighted by Crippen LogP contribution is -2.35. The first-order valence-corrected chi connectivity index (χ1v) is 6.79. The number of amides is 2. The van der Waals surface area contributed by atoms with Crippen molar-refractivity contribution in [2.24, 2.45) is 0 Å². The van der Waals surface area contributed by atoms with Crippen LogP contribution in [0.15, 0.2) is 36.5 Å². The molecular formula is C15H20N4O. The molecule has 0 saturated heterocycles. The summed E-state index contributed by atoms with van der Waals surface area (Å²) in [5.41, 5.74) is 2.51. The summed E-state index contributed by atoms with van der Waals surface area (Å²) in [6, 6.07) is 9.47. The first-order chi connectivity index (χ1) is 9.60. The van der Waals surface area contributed by atoms with E-state index in [1.54, 1.807) is 4.68 Å². The van der Waals surface area contributed by atoms with Crippen molar-refractivity contribution in [2.75, 3.05) is 5.32 Å². The third-order valence-corrected chi connectivity index (χ3v) is 3.11. The van der Waals surface area contributed by atoms with Gasteiger partial charge >= 0.3 is 6.03 Å². The van der Waals surface area contributed by atoms with Crippen molar-refractivity contribution in [1.82, 2.24) is 15.1 Å². The number of rotatable bonds is 4. The van der Waals surface area contributed by atoms with E-state index in [9.17, 15) is 4.79 Å². The molecule has 0 radical (unpaired) electrons. The maximum atomic E-state index is 11.9. The molecule has 0 aliphatic rings. The number of hydrogen-bond donors (Lipinski definition) is 2. The molecule has 1 aromatic heterocycles. The number of nitrogens with zero attached hydrogens (tertiary/aromatic N) is 2. The van der Waals surface area contributed by atoms with Crippen LogP contribution in [0.4, 0.5) is 10.5 Å². The highest BCUT2D eigenvalue weighted by Gasteiger charge is 2.10. The molecule has 106 valence electrons. The lowest BCUT2D eigenvalue weighted by atomic mass is 10.2. The summed E-state index contributed by atoms with van der Waals surface area (Å²) >= 11 is 0. The average molecular weight is 272 g/mol. The molecule has 0 saturated carbocycles. The number of nitrogens with one attached hydrogen (secondary N) is 2.